The molecule has 2 heteroatoms. The summed E-state index contributed by atoms with van der Waals surface area (Å²) in [5.74, 6) is 0. The summed E-state index contributed by atoms with van der Waals surface area (Å²) < 4.78 is 2.14. The molecule has 104 valence electrons. The quantitative estimate of drug-likeness (QED) is 0.543. The molecule has 0 unspecified atom stereocenters. The van der Waals surface area contributed by atoms with Gasteiger partial charge >= 0.3 is 0 Å². The van der Waals surface area contributed by atoms with E-state index in [0.717, 1.165) is 11.4 Å². The lowest BCUT2D eigenvalue weighted by Gasteiger charge is -2.12. The van der Waals surface area contributed by atoms with Crippen LogP contribution in [0, 0.1) is 27.7 Å². The Balaban J connectivity index is 0. The molecule has 1 rings (SSSR count). The molecule has 1 aromatic heterocycles. The van der Waals surface area contributed by atoms with Gasteiger partial charge in [0.25, 0.3) is 0 Å². The maximum absolute atomic E-state index is 4.59. The van der Waals surface area contributed by atoms with Crippen LogP contribution in [0.15, 0.2) is 0 Å². The van der Waals surface area contributed by atoms with Crippen molar-refractivity contribution in [3.63, 3.8) is 0 Å². The third-order valence-corrected chi connectivity index (χ3v) is 3.21. The molecule has 0 aliphatic carbocycles. The van der Waals surface area contributed by atoms with Gasteiger partial charge in [-0.05, 0) is 38.8 Å². The zero-order valence-electron chi connectivity index (χ0n) is 12.9. The van der Waals surface area contributed by atoms with E-state index in [1.54, 1.807) is 0 Å². The summed E-state index contributed by atoms with van der Waals surface area (Å²) in [6, 6.07) is 0. The maximum atomic E-state index is 4.59. The van der Waals surface area contributed by atoms with Crippen molar-refractivity contribution >= 4 is 5.71 Å². The SMILES string of the molecule is C.CC.CC(c1c(C)nc(C)c(C)c1C)=[N+](C)C. The highest BCUT2D eigenvalue weighted by molar-refractivity contribution is 5.97. The van der Waals surface area contributed by atoms with Crippen LogP contribution < -0.4 is 0 Å². The molecule has 0 bridgehead atoms. The predicted molar refractivity (Wildman–Crippen MR) is 83.2 cm³/mol. The lowest BCUT2D eigenvalue weighted by molar-refractivity contribution is -0.464. The zero-order chi connectivity index (χ0) is 13.7. The average molecular weight is 251 g/mol. The second kappa shape index (κ2) is 8.02. The van der Waals surface area contributed by atoms with Crippen molar-refractivity contribution in [3.8, 4) is 0 Å². The van der Waals surface area contributed by atoms with Gasteiger partial charge in [0.1, 0.15) is 14.1 Å². The van der Waals surface area contributed by atoms with Crippen LogP contribution in [-0.2, 0) is 0 Å². The van der Waals surface area contributed by atoms with Gasteiger partial charge in [0.2, 0.25) is 0 Å². The van der Waals surface area contributed by atoms with Crippen LogP contribution in [0.4, 0.5) is 0 Å². The van der Waals surface area contributed by atoms with Gasteiger partial charge in [0, 0.05) is 12.6 Å². The summed E-state index contributed by atoms with van der Waals surface area (Å²) in [4.78, 5) is 4.59. The smallest absolute Gasteiger partial charge is 0.181 e. The molecule has 0 aliphatic rings. The Kier molecular flexibility index (Phi) is 8.54. The van der Waals surface area contributed by atoms with Crippen LogP contribution in [-0.4, -0.2) is 29.4 Å². The van der Waals surface area contributed by atoms with Gasteiger partial charge in [0.15, 0.2) is 5.71 Å². The molecule has 0 saturated carbocycles. The summed E-state index contributed by atoms with van der Waals surface area (Å²) in [5.41, 5.74) is 7.49. The monoisotopic (exact) mass is 251 g/mol. The van der Waals surface area contributed by atoms with Crippen LogP contribution in [0.2, 0.25) is 0 Å². The molecule has 0 aromatic carbocycles. The number of aryl methyl sites for hydroxylation is 2. The zero-order valence-corrected chi connectivity index (χ0v) is 12.9. The minimum Gasteiger partial charge on any atom is -0.257 e. The van der Waals surface area contributed by atoms with Gasteiger partial charge in [-0.2, -0.15) is 0 Å². The fraction of sp³-hybridized carbons (Fsp3) is 0.625. The Morgan fingerprint density at radius 1 is 0.889 bits per heavy atom. The van der Waals surface area contributed by atoms with Gasteiger partial charge in [-0.1, -0.05) is 21.3 Å². The van der Waals surface area contributed by atoms with Crippen molar-refractivity contribution in [1.82, 2.24) is 4.98 Å². The second-order valence-electron chi connectivity index (χ2n) is 4.39. The van der Waals surface area contributed by atoms with E-state index in [9.17, 15) is 0 Å². The van der Waals surface area contributed by atoms with Crippen molar-refractivity contribution < 1.29 is 4.58 Å². The predicted octanol–water partition coefficient (Wildman–Crippen LogP) is 4.06. The van der Waals surface area contributed by atoms with Gasteiger partial charge in [0.05, 0.1) is 11.3 Å². The van der Waals surface area contributed by atoms with Gasteiger partial charge < -0.3 is 0 Å². The first kappa shape index (κ1) is 19.2. The highest BCUT2D eigenvalue weighted by Crippen LogP contribution is 2.19. The topological polar surface area (TPSA) is 15.9 Å². The van der Waals surface area contributed by atoms with Crippen LogP contribution >= 0.6 is 0 Å². The Bertz CT molecular complexity index is 425. The summed E-state index contributed by atoms with van der Waals surface area (Å²) in [7, 11) is 4.15. The van der Waals surface area contributed by atoms with E-state index in [1.165, 1.54) is 22.4 Å². The number of hydrogen-bond acceptors (Lipinski definition) is 1. The van der Waals surface area contributed by atoms with Gasteiger partial charge in [-0.3, -0.25) is 4.98 Å². The van der Waals surface area contributed by atoms with Crippen molar-refractivity contribution in [1.29, 1.82) is 0 Å². The molecule has 0 N–H and O–H groups in total. The summed E-state index contributed by atoms with van der Waals surface area (Å²) in [5, 5.41) is 0. The summed E-state index contributed by atoms with van der Waals surface area (Å²) in [6.07, 6.45) is 0. The molecular weight excluding hydrogens is 220 g/mol. The number of hydrogen-bond donors (Lipinski definition) is 0. The first-order chi connectivity index (χ1) is 7.86. The Labute approximate surface area is 114 Å². The normalized spacial score (nSPS) is 8.94. The Morgan fingerprint density at radius 2 is 1.33 bits per heavy atom. The average Bonchev–Trinajstić information content (AvgIpc) is 2.28. The summed E-state index contributed by atoms with van der Waals surface area (Å²) >= 11 is 0. The molecule has 0 atom stereocenters. The third kappa shape index (κ3) is 3.94. The minimum absolute atomic E-state index is 0. The number of rotatable bonds is 1. The van der Waals surface area contributed by atoms with E-state index >= 15 is 0 Å². The lowest BCUT2D eigenvalue weighted by atomic mass is 9.98. The van der Waals surface area contributed by atoms with E-state index in [-0.39, 0.29) is 7.43 Å². The van der Waals surface area contributed by atoms with E-state index in [4.69, 9.17) is 0 Å². The molecule has 0 aliphatic heterocycles. The first-order valence-corrected chi connectivity index (χ1v) is 6.32. The molecule has 0 saturated heterocycles. The fourth-order valence-electron chi connectivity index (χ4n) is 1.88. The van der Waals surface area contributed by atoms with E-state index < -0.39 is 0 Å². The molecule has 2 nitrogen and oxygen atoms in total. The fourth-order valence-corrected chi connectivity index (χ4v) is 1.88. The van der Waals surface area contributed by atoms with Crippen molar-refractivity contribution in [2.24, 2.45) is 0 Å². The molecule has 1 aromatic rings. The van der Waals surface area contributed by atoms with E-state index in [1.807, 2.05) is 13.8 Å². The van der Waals surface area contributed by atoms with E-state index in [0.29, 0.717) is 0 Å². The number of aromatic nitrogens is 1. The van der Waals surface area contributed by atoms with Gasteiger partial charge in [-0.25, -0.2) is 4.58 Å². The van der Waals surface area contributed by atoms with Crippen LogP contribution in [0.5, 0.6) is 0 Å². The number of nitrogens with zero attached hydrogens (tertiary/aromatic N) is 2. The van der Waals surface area contributed by atoms with Gasteiger partial charge in [-0.15, -0.1) is 0 Å². The summed E-state index contributed by atoms with van der Waals surface area (Å²) in [6.45, 7) is 14.6. The number of pyridine rings is 1. The Hall–Kier alpha value is -1.18. The largest absolute Gasteiger partial charge is 0.257 e. The molecule has 0 fully saturated rings. The molecule has 0 amide bonds. The van der Waals surface area contributed by atoms with Crippen molar-refractivity contribution in [3.05, 3.63) is 28.1 Å². The van der Waals surface area contributed by atoms with Crippen LogP contribution in [0.25, 0.3) is 0 Å². The first-order valence-electron chi connectivity index (χ1n) is 6.32. The lowest BCUT2D eigenvalue weighted by Crippen LogP contribution is -2.16. The third-order valence-electron chi connectivity index (χ3n) is 3.21. The maximum Gasteiger partial charge on any atom is 0.181 e. The minimum atomic E-state index is 0. The Morgan fingerprint density at radius 3 is 1.72 bits per heavy atom. The van der Waals surface area contributed by atoms with Crippen LogP contribution in [0.3, 0.4) is 0 Å². The standard InChI is InChI=1S/C13H21N2.C2H6.CH4/c1-8-9(2)13(12(5)15(6)7)11(4)14-10(8)3;1-2;/h1-7H3;1-2H3;1H4/q+1;;. The van der Waals surface area contributed by atoms with Crippen LogP contribution in [0.1, 0.15) is 56.3 Å². The molecule has 18 heavy (non-hydrogen) atoms. The molecular formula is C16H31N2+. The van der Waals surface area contributed by atoms with Crippen molar-refractivity contribution in [2.45, 2.75) is 55.9 Å². The van der Waals surface area contributed by atoms with Crippen molar-refractivity contribution in [2.75, 3.05) is 14.1 Å². The highest BCUT2D eigenvalue weighted by Gasteiger charge is 2.15. The molecule has 0 radical (unpaired) electrons. The molecule has 1 heterocycles. The molecule has 0 spiro atoms. The van der Waals surface area contributed by atoms with E-state index in [2.05, 4.69) is 58.3 Å². The second-order valence-corrected chi connectivity index (χ2v) is 4.39. The highest BCUT2D eigenvalue weighted by atomic mass is 14.9.